The first-order valence-corrected chi connectivity index (χ1v) is 7.22. The molecule has 0 aliphatic carbocycles. The van der Waals surface area contributed by atoms with Gasteiger partial charge in [0.1, 0.15) is 0 Å². The fourth-order valence-corrected chi connectivity index (χ4v) is 2.03. The quantitative estimate of drug-likeness (QED) is 0.767. The lowest BCUT2D eigenvalue weighted by molar-refractivity contribution is 0.483. The van der Waals surface area contributed by atoms with E-state index in [1.807, 2.05) is 6.20 Å². The van der Waals surface area contributed by atoms with E-state index in [2.05, 4.69) is 49.7 Å². The lowest BCUT2D eigenvalue weighted by Crippen LogP contribution is -2.19. The first-order valence-electron chi connectivity index (χ1n) is 7.22. The van der Waals surface area contributed by atoms with E-state index in [1.54, 1.807) is 0 Å². The van der Waals surface area contributed by atoms with Gasteiger partial charge in [-0.25, -0.2) is 0 Å². The van der Waals surface area contributed by atoms with E-state index < -0.39 is 0 Å². The highest BCUT2D eigenvalue weighted by Crippen LogP contribution is 2.10. The molecular formula is C15H29N3. The molecular weight excluding hydrogens is 222 g/mol. The number of nitrogens with zero attached hydrogens (tertiary/aromatic N) is 2. The van der Waals surface area contributed by atoms with E-state index in [0.29, 0.717) is 5.92 Å². The van der Waals surface area contributed by atoms with Crippen molar-refractivity contribution in [3.63, 3.8) is 0 Å². The first-order chi connectivity index (χ1) is 8.50. The molecule has 3 nitrogen and oxygen atoms in total. The zero-order chi connectivity index (χ0) is 13.5. The SMILES string of the molecule is Cc1c(CNCC(C)C)cnn1CCCC(C)C. The topological polar surface area (TPSA) is 29.9 Å². The van der Waals surface area contributed by atoms with Crippen molar-refractivity contribution in [2.24, 2.45) is 11.8 Å². The molecule has 1 aromatic rings. The van der Waals surface area contributed by atoms with Crippen LogP contribution in [0.2, 0.25) is 0 Å². The van der Waals surface area contributed by atoms with E-state index in [0.717, 1.165) is 25.6 Å². The van der Waals surface area contributed by atoms with Crippen LogP contribution in [0.25, 0.3) is 0 Å². The number of hydrogen-bond acceptors (Lipinski definition) is 2. The molecule has 1 rings (SSSR count). The molecule has 1 N–H and O–H groups in total. The molecule has 1 aromatic heterocycles. The van der Waals surface area contributed by atoms with E-state index in [9.17, 15) is 0 Å². The van der Waals surface area contributed by atoms with Crippen molar-refractivity contribution in [3.8, 4) is 0 Å². The number of rotatable bonds is 8. The van der Waals surface area contributed by atoms with Crippen LogP contribution >= 0.6 is 0 Å². The van der Waals surface area contributed by atoms with Crippen molar-refractivity contribution < 1.29 is 0 Å². The zero-order valence-corrected chi connectivity index (χ0v) is 12.7. The van der Waals surface area contributed by atoms with Gasteiger partial charge in [0.15, 0.2) is 0 Å². The molecule has 3 heteroatoms. The summed E-state index contributed by atoms with van der Waals surface area (Å²) in [4.78, 5) is 0. The van der Waals surface area contributed by atoms with Crippen LogP contribution in [0.3, 0.4) is 0 Å². The van der Waals surface area contributed by atoms with Crippen molar-refractivity contribution >= 4 is 0 Å². The largest absolute Gasteiger partial charge is 0.312 e. The van der Waals surface area contributed by atoms with Gasteiger partial charge < -0.3 is 5.32 Å². The molecule has 1 heterocycles. The first kappa shape index (κ1) is 15.2. The van der Waals surface area contributed by atoms with Crippen LogP contribution < -0.4 is 5.32 Å². The summed E-state index contributed by atoms with van der Waals surface area (Å²) in [6, 6.07) is 0. The molecule has 0 aliphatic heterocycles. The Kier molecular flexibility index (Phi) is 6.41. The molecule has 0 spiro atoms. The van der Waals surface area contributed by atoms with Crippen LogP contribution in [-0.4, -0.2) is 16.3 Å². The summed E-state index contributed by atoms with van der Waals surface area (Å²) in [7, 11) is 0. The minimum absolute atomic E-state index is 0.700. The Morgan fingerprint density at radius 1 is 1.22 bits per heavy atom. The van der Waals surface area contributed by atoms with Gasteiger partial charge in [0.2, 0.25) is 0 Å². The Balaban J connectivity index is 2.40. The second-order valence-corrected chi connectivity index (χ2v) is 6.04. The van der Waals surface area contributed by atoms with Crippen molar-refractivity contribution in [1.82, 2.24) is 15.1 Å². The van der Waals surface area contributed by atoms with Crippen molar-refractivity contribution in [2.75, 3.05) is 6.54 Å². The normalized spacial score (nSPS) is 11.7. The smallest absolute Gasteiger partial charge is 0.0537 e. The highest BCUT2D eigenvalue weighted by Gasteiger charge is 2.06. The highest BCUT2D eigenvalue weighted by molar-refractivity contribution is 5.15. The predicted molar refractivity (Wildman–Crippen MR) is 77.6 cm³/mol. The molecule has 0 saturated carbocycles. The molecule has 0 saturated heterocycles. The highest BCUT2D eigenvalue weighted by atomic mass is 15.3. The van der Waals surface area contributed by atoms with Gasteiger partial charge >= 0.3 is 0 Å². The third-order valence-electron chi connectivity index (χ3n) is 3.22. The molecule has 18 heavy (non-hydrogen) atoms. The maximum Gasteiger partial charge on any atom is 0.0537 e. The summed E-state index contributed by atoms with van der Waals surface area (Å²) in [6.45, 7) is 14.2. The predicted octanol–water partition coefficient (Wildman–Crippen LogP) is 3.37. The summed E-state index contributed by atoms with van der Waals surface area (Å²) in [5.41, 5.74) is 2.65. The van der Waals surface area contributed by atoms with Crippen LogP contribution in [-0.2, 0) is 13.1 Å². The average molecular weight is 251 g/mol. The molecule has 0 bridgehead atoms. The number of aryl methyl sites for hydroxylation is 1. The van der Waals surface area contributed by atoms with E-state index in [-0.39, 0.29) is 0 Å². The third kappa shape index (κ3) is 5.21. The van der Waals surface area contributed by atoms with Gasteiger partial charge in [-0.15, -0.1) is 0 Å². The third-order valence-corrected chi connectivity index (χ3v) is 3.22. The second kappa shape index (κ2) is 7.57. The van der Waals surface area contributed by atoms with E-state index in [1.165, 1.54) is 24.1 Å². The Bertz CT molecular complexity index is 308. The molecule has 0 aromatic carbocycles. The van der Waals surface area contributed by atoms with Crippen molar-refractivity contribution in [3.05, 3.63) is 17.5 Å². The summed E-state index contributed by atoms with van der Waals surface area (Å²) < 4.78 is 2.15. The van der Waals surface area contributed by atoms with Gasteiger partial charge in [0.25, 0.3) is 0 Å². The van der Waals surface area contributed by atoms with Crippen LogP contribution in [0.15, 0.2) is 6.20 Å². The van der Waals surface area contributed by atoms with Crippen LogP contribution in [0.4, 0.5) is 0 Å². The van der Waals surface area contributed by atoms with Gasteiger partial charge in [0.05, 0.1) is 6.20 Å². The molecule has 0 aliphatic rings. The fraction of sp³-hybridized carbons (Fsp3) is 0.800. The molecule has 0 unspecified atom stereocenters. The Labute approximate surface area is 112 Å². The molecule has 104 valence electrons. The second-order valence-electron chi connectivity index (χ2n) is 6.04. The Morgan fingerprint density at radius 3 is 2.56 bits per heavy atom. The Hall–Kier alpha value is -0.830. The maximum absolute atomic E-state index is 4.49. The molecule has 0 atom stereocenters. The summed E-state index contributed by atoms with van der Waals surface area (Å²) >= 11 is 0. The van der Waals surface area contributed by atoms with Crippen LogP contribution in [0, 0.1) is 18.8 Å². The standard InChI is InChI=1S/C15H29N3/c1-12(2)7-6-8-18-14(5)15(11-17-18)10-16-9-13(3)4/h11-13,16H,6-10H2,1-5H3. The van der Waals surface area contributed by atoms with Crippen molar-refractivity contribution in [1.29, 1.82) is 0 Å². The van der Waals surface area contributed by atoms with Crippen molar-refractivity contribution in [2.45, 2.75) is 60.5 Å². The summed E-state index contributed by atoms with van der Waals surface area (Å²) in [5.74, 6) is 1.49. The van der Waals surface area contributed by atoms with Crippen LogP contribution in [0.1, 0.15) is 51.8 Å². The lowest BCUT2D eigenvalue weighted by atomic mass is 10.1. The lowest BCUT2D eigenvalue weighted by Gasteiger charge is -2.09. The van der Waals surface area contributed by atoms with E-state index >= 15 is 0 Å². The number of nitrogens with one attached hydrogen (secondary N) is 1. The van der Waals surface area contributed by atoms with E-state index in [4.69, 9.17) is 0 Å². The van der Waals surface area contributed by atoms with Crippen LogP contribution in [0.5, 0.6) is 0 Å². The maximum atomic E-state index is 4.49. The van der Waals surface area contributed by atoms with Gasteiger partial charge in [-0.05, 0) is 38.1 Å². The number of aromatic nitrogens is 2. The monoisotopic (exact) mass is 251 g/mol. The zero-order valence-electron chi connectivity index (χ0n) is 12.7. The molecule has 0 fully saturated rings. The average Bonchev–Trinajstić information content (AvgIpc) is 2.60. The van der Waals surface area contributed by atoms with Gasteiger partial charge in [-0.3, -0.25) is 4.68 Å². The molecule has 0 radical (unpaired) electrons. The minimum atomic E-state index is 0.700. The Morgan fingerprint density at radius 2 is 1.94 bits per heavy atom. The minimum Gasteiger partial charge on any atom is -0.312 e. The fourth-order valence-electron chi connectivity index (χ4n) is 2.03. The number of hydrogen-bond donors (Lipinski definition) is 1. The summed E-state index contributed by atoms with van der Waals surface area (Å²) in [5, 5.41) is 7.96. The van der Waals surface area contributed by atoms with Gasteiger partial charge in [-0.1, -0.05) is 27.7 Å². The van der Waals surface area contributed by atoms with Gasteiger partial charge in [0, 0.05) is 24.3 Å². The van der Waals surface area contributed by atoms with Gasteiger partial charge in [-0.2, -0.15) is 5.10 Å². The molecule has 0 amide bonds. The summed E-state index contributed by atoms with van der Waals surface area (Å²) in [6.07, 6.45) is 4.51.